The summed E-state index contributed by atoms with van der Waals surface area (Å²) in [6.45, 7) is 6.09. The highest BCUT2D eigenvalue weighted by Gasteiger charge is 2.30. The minimum Gasteiger partial charge on any atom is -0.377 e. The molecule has 1 heterocycles. The molecule has 2 fully saturated rings. The molecule has 3 heteroatoms. The number of piperidine rings is 1. The smallest absolute Gasteiger partial charge is 0.0702 e. The molecular weight excluding hydrogens is 236 g/mol. The second kappa shape index (κ2) is 8.23. The SMILES string of the molecule is CCOC1CCCN(C(CN)C2CCCCCC2)C1. The first-order chi connectivity index (χ1) is 9.35. The normalized spacial score (nSPS) is 29.1. The molecule has 1 saturated carbocycles. The zero-order valence-electron chi connectivity index (χ0n) is 12.7. The Morgan fingerprint density at radius 2 is 1.84 bits per heavy atom. The van der Waals surface area contributed by atoms with E-state index in [2.05, 4.69) is 11.8 Å². The summed E-state index contributed by atoms with van der Waals surface area (Å²) in [4.78, 5) is 2.64. The number of likely N-dealkylation sites (tertiary alicyclic amines) is 1. The van der Waals surface area contributed by atoms with Crippen LogP contribution in [0.2, 0.25) is 0 Å². The molecule has 0 amide bonds. The summed E-state index contributed by atoms with van der Waals surface area (Å²) >= 11 is 0. The summed E-state index contributed by atoms with van der Waals surface area (Å²) in [6, 6.07) is 0.598. The lowest BCUT2D eigenvalue weighted by atomic mass is 9.89. The molecule has 2 aliphatic rings. The second-order valence-corrected chi connectivity index (χ2v) is 6.27. The van der Waals surface area contributed by atoms with Crippen molar-refractivity contribution in [2.45, 2.75) is 70.4 Å². The van der Waals surface area contributed by atoms with Crippen LogP contribution in [0.15, 0.2) is 0 Å². The second-order valence-electron chi connectivity index (χ2n) is 6.27. The summed E-state index contributed by atoms with van der Waals surface area (Å²) in [5, 5.41) is 0. The largest absolute Gasteiger partial charge is 0.377 e. The van der Waals surface area contributed by atoms with Gasteiger partial charge in [-0.3, -0.25) is 4.90 Å². The first kappa shape index (κ1) is 15.3. The molecule has 19 heavy (non-hydrogen) atoms. The van der Waals surface area contributed by atoms with Crippen molar-refractivity contribution in [2.24, 2.45) is 11.7 Å². The number of rotatable bonds is 5. The van der Waals surface area contributed by atoms with E-state index in [0.717, 1.165) is 25.6 Å². The van der Waals surface area contributed by atoms with Crippen molar-refractivity contribution < 1.29 is 4.74 Å². The van der Waals surface area contributed by atoms with Crippen molar-refractivity contribution in [1.82, 2.24) is 4.90 Å². The predicted molar refractivity (Wildman–Crippen MR) is 80.3 cm³/mol. The van der Waals surface area contributed by atoms with Crippen LogP contribution in [-0.4, -0.2) is 43.3 Å². The van der Waals surface area contributed by atoms with Gasteiger partial charge in [0.05, 0.1) is 6.10 Å². The van der Waals surface area contributed by atoms with E-state index in [0.29, 0.717) is 12.1 Å². The van der Waals surface area contributed by atoms with Crippen LogP contribution < -0.4 is 5.73 Å². The van der Waals surface area contributed by atoms with Crippen LogP contribution in [0, 0.1) is 5.92 Å². The third-order valence-electron chi connectivity index (χ3n) is 4.97. The zero-order valence-corrected chi connectivity index (χ0v) is 12.7. The third-order valence-corrected chi connectivity index (χ3v) is 4.97. The van der Waals surface area contributed by atoms with Crippen molar-refractivity contribution in [3.63, 3.8) is 0 Å². The number of nitrogens with zero attached hydrogens (tertiary/aromatic N) is 1. The molecule has 1 saturated heterocycles. The van der Waals surface area contributed by atoms with Crippen LogP contribution in [0.4, 0.5) is 0 Å². The summed E-state index contributed by atoms with van der Waals surface area (Å²) in [6.07, 6.45) is 11.4. The Bertz CT molecular complexity index is 237. The van der Waals surface area contributed by atoms with Crippen molar-refractivity contribution in [2.75, 3.05) is 26.2 Å². The first-order valence-corrected chi connectivity index (χ1v) is 8.40. The lowest BCUT2D eigenvalue weighted by molar-refractivity contribution is -0.0160. The number of hydrogen-bond acceptors (Lipinski definition) is 3. The lowest BCUT2D eigenvalue weighted by Crippen LogP contribution is -2.51. The molecule has 1 aliphatic carbocycles. The van der Waals surface area contributed by atoms with Gasteiger partial charge in [-0.1, -0.05) is 25.7 Å². The van der Waals surface area contributed by atoms with E-state index in [1.165, 1.54) is 57.9 Å². The summed E-state index contributed by atoms with van der Waals surface area (Å²) in [5.41, 5.74) is 6.12. The van der Waals surface area contributed by atoms with Crippen molar-refractivity contribution in [1.29, 1.82) is 0 Å². The van der Waals surface area contributed by atoms with Gasteiger partial charge in [-0.15, -0.1) is 0 Å². The average molecular weight is 268 g/mol. The highest BCUT2D eigenvalue weighted by atomic mass is 16.5. The molecule has 2 unspecified atom stereocenters. The summed E-state index contributed by atoms with van der Waals surface area (Å²) < 4.78 is 5.84. The topological polar surface area (TPSA) is 38.5 Å². The molecule has 3 nitrogen and oxygen atoms in total. The molecule has 0 spiro atoms. The number of hydrogen-bond donors (Lipinski definition) is 1. The van der Waals surface area contributed by atoms with Crippen LogP contribution in [0.3, 0.4) is 0 Å². The van der Waals surface area contributed by atoms with Gasteiger partial charge < -0.3 is 10.5 Å². The predicted octanol–water partition coefficient (Wildman–Crippen LogP) is 2.79. The minimum absolute atomic E-state index is 0.443. The van der Waals surface area contributed by atoms with Crippen LogP contribution >= 0.6 is 0 Å². The molecule has 2 atom stereocenters. The van der Waals surface area contributed by atoms with E-state index >= 15 is 0 Å². The van der Waals surface area contributed by atoms with Gasteiger partial charge in [0.25, 0.3) is 0 Å². The maximum atomic E-state index is 6.12. The maximum Gasteiger partial charge on any atom is 0.0702 e. The monoisotopic (exact) mass is 268 g/mol. The Hall–Kier alpha value is -0.120. The molecule has 0 aromatic heterocycles. The standard InChI is InChI=1S/C16H32N2O/c1-2-19-15-10-7-11-18(13-15)16(12-17)14-8-5-3-4-6-9-14/h14-16H,2-13,17H2,1H3. The van der Waals surface area contributed by atoms with Gasteiger partial charge in [0, 0.05) is 25.7 Å². The zero-order chi connectivity index (χ0) is 13.5. The van der Waals surface area contributed by atoms with Crippen molar-refractivity contribution >= 4 is 0 Å². The minimum atomic E-state index is 0.443. The Labute approximate surface area is 118 Å². The fraction of sp³-hybridized carbons (Fsp3) is 1.00. The van der Waals surface area contributed by atoms with Crippen molar-refractivity contribution in [3.8, 4) is 0 Å². The number of nitrogens with two attached hydrogens (primary N) is 1. The Morgan fingerprint density at radius 3 is 2.47 bits per heavy atom. The van der Waals surface area contributed by atoms with E-state index in [4.69, 9.17) is 10.5 Å². The molecular formula is C16H32N2O. The number of ether oxygens (including phenoxy) is 1. The van der Waals surface area contributed by atoms with Gasteiger partial charge in [0.2, 0.25) is 0 Å². The van der Waals surface area contributed by atoms with Crippen LogP contribution in [0.5, 0.6) is 0 Å². The highest BCUT2D eigenvalue weighted by molar-refractivity contribution is 4.86. The maximum absolute atomic E-state index is 6.12. The van der Waals surface area contributed by atoms with E-state index in [9.17, 15) is 0 Å². The van der Waals surface area contributed by atoms with Crippen LogP contribution in [0.1, 0.15) is 58.3 Å². The lowest BCUT2D eigenvalue weighted by Gasteiger charge is -2.41. The van der Waals surface area contributed by atoms with E-state index in [1.807, 2.05) is 0 Å². The molecule has 0 bridgehead atoms. The third kappa shape index (κ3) is 4.44. The van der Waals surface area contributed by atoms with Gasteiger partial charge >= 0.3 is 0 Å². The molecule has 112 valence electrons. The fourth-order valence-electron chi connectivity index (χ4n) is 3.97. The van der Waals surface area contributed by atoms with Gasteiger partial charge in [-0.2, -0.15) is 0 Å². The molecule has 0 aromatic rings. The molecule has 2 rings (SSSR count). The fourth-order valence-corrected chi connectivity index (χ4v) is 3.97. The average Bonchev–Trinajstić information content (AvgIpc) is 2.70. The summed E-state index contributed by atoms with van der Waals surface area (Å²) in [5.74, 6) is 0.827. The Morgan fingerprint density at radius 1 is 1.11 bits per heavy atom. The summed E-state index contributed by atoms with van der Waals surface area (Å²) in [7, 11) is 0. The Balaban J connectivity index is 1.91. The van der Waals surface area contributed by atoms with E-state index < -0.39 is 0 Å². The molecule has 2 N–H and O–H groups in total. The van der Waals surface area contributed by atoms with Gasteiger partial charge in [-0.25, -0.2) is 0 Å². The van der Waals surface area contributed by atoms with Gasteiger partial charge in [0.1, 0.15) is 0 Å². The van der Waals surface area contributed by atoms with Crippen LogP contribution in [0.25, 0.3) is 0 Å². The van der Waals surface area contributed by atoms with E-state index in [1.54, 1.807) is 0 Å². The molecule has 1 aliphatic heterocycles. The molecule has 0 radical (unpaired) electrons. The van der Waals surface area contributed by atoms with Gasteiger partial charge in [-0.05, 0) is 45.1 Å². The molecule has 0 aromatic carbocycles. The van der Waals surface area contributed by atoms with E-state index in [-0.39, 0.29) is 0 Å². The Kier molecular flexibility index (Phi) is 6.62. The van der Waals surface area contributed by atoms with Gasteiger partial charge in [0.15, 0.2) is 0 Å². The quantitative estimate of drug-likeness (QED) is 0.779. The van der Waals surface area contributed by atoms with Crippen molar-refractivity contribution in [3.05, 3.63) is 0 Å². The highest BCUT2D eigenvalue weighted by Crippen LogP contribution is 2.29. The van der Waals surface area contributed by atoms with Crippen LogP contribution in [-0.2, 0) is 4.74 Å². The first-order valence-electron chi connectivity index (χ1n) is 8.40.